The minimum atomic E-state index is 0.114. The highest BCUT2D eigenvalue weighted by Gasteiger charge is 2.13. The summed E-state index contributed by atoms with van der Waals surface area (Å²) >= 11 is 0. The van der Waals surface area contributed by atoms with Crippen molar-refractivity contribution in [1.82, 2.24) is 10.2 Å². The van der Waals surface area contributed by atoms with Gasteiger partial charge >= 0.3 is 0 Å². The standard InChI is InChI=1S/C16H26N2O/c1-7-9-18(8-2)12-15-10-14(13(3)19-15)11-17-16(4,5)6/h1,10,17H,8-9,11-12H2,2-6H3. The SMILES string of the molecule is C#CCN(CC)Cc1cc(CNC(C)(C)C)c(C)o1. The number of hydrogen-bond acceptors (Lipinski definition) is 3. The minimum absolute atomic E-state index is 0.114. The van der Waals surface area contributed by atoms with Gasteiger partial charge in [0.25, 0.3) is 0 Å². The molecule has 0 fully saturated rings. The lowest BCUT2D eigenvalue weighted by atomic mass is 10.1. The molecule has 0 atom stereocenters. The van der Waals surface area contributed by atoms with E-state index in [0.717, 1.165) is 31.2 Å². The number of nitrogens with zero attached hydrogens (tertiary/aromatic N) is 1. The van der Waals surface area contributed by atoms with Gasteiger partial charge in [-0.25, -0.2) is 0 Å². The van der Waals surface area contributed by atoms with E-state index in [2.05, 4.69) is 49.9 Å². The molecule has 1 rings (SSSR count). The number of terminal acetylenes is 1. The van der Waals surface area contributed by atoms with Crippen molar-refractivity contribution in [2.24, 2.45) is 0 Å². The normalized spacial score (nSPS) is 11.8. The first kappa shape index (κ1) is 15.8. The molecule has 0 bridgehead atoms. The van der Waals surface area contributed by atoms with Gasteiger partial charge in [-0.15, -0.1) is 6.42 Å². The van der Waals surface area contributed by atoms with Crippen LogP contribution in [-0.4, -0.2) is 23.5 Å². The molecule has 3 nitrogen and oxygen atoms in total. The lowest BCUT2D eigenvalue weighted by Crippen LogP contribution is -2.35. The van der Waals surface area contributed by atoms with Crippen LogP contribution >= 0.6 is 0 Å². The van der Waals surface area contributed by atoms with Crippen molar-refractivity contribution in [3.63, 3.8) is 0 Å². The number of hydrogen-bond donors (Lipinski definition) is 1. The molecule has 0 saturated carbocycles. The first-order chi connectivity index (χ1) is 8.85. The van der Waals surface area contributed by atoms with Crippen molar-refractivity contribution in [3.8, 4) is 12.3 Å². The first-order valence-electron chi connectivity index (χ1n) is 6.84. The minimum Gasteiger partial charge on any atom is -0.465 e. The number of furan rings is 1. The van der Waals surface area contributed by atoms with Crippen molar-refractivity contribution in [2.45, 2.75) is 53.2 Å². The molecule has 19 heavy (non-hydrogen) atoms. The van der Waals surface area contributed by atoms with E-state index in [4.69, 9.17) is 10.8 Å². The van der Waals surface area contributed by atoms with Gasteiger partial charge < -0.3 is 9.73 Å². The number of nitrogens with one attached hydrogen (secondary N) is 1. The van der Waals surface area contributed by atoms with Gasteiger partial charge in [0.15, 0.2) is 0 Å². The van der Waals surface area contributed by atoms with E-state index in [1.54, 1.807) is 0 Å². The van der Waals surface area contributed by atoms with Crippen LogP contribution in [-0.2, 0) is 13.1 Å². The van der Waals surface area contributed by atoms with Crippen molar-refractivity contribution in [2.75, 3.05) is 13.1 Å². The van der Waals surface area contributed by atoms with Crippen molar-refractivity contribution >= 4 is 0 Å². The Kier molecular flexibility index (Phi) is 5.65. The van der Waals surface area contributed by atoms with E-state index >= 15 is 0 Å². The number of rotatable bonds is 6. The van der Waals surface area contributed by atoms with E-state index in [9.17, 15) is 0 Å². The maximum absolute atomic E-state index is 5.81. The highest BCUT2D eigenvalue weighted by atomic mass is 16.3. The van der Waals surface area contributed by atoms with Gasteiger partial charge in [-0.1, -0.05) is 12.8 Å². The van der Waals surface area contributed by atoms with Crippen LogP contribution in [0.1, 0.15) is 44.8 Å². The average molecular weight is 262 g/mol. The molecule has 0 aliphatic heterocycles. The second kappa shape index (κ2) is 6.79. The second-order valence-electron chi connectivity index (χ2n) is 5.91. The average Bonchev–Trinajstić information content (AvgIpc) is 2.65. The Balaban J connectivity index is 2.66. The highest BCUT2D eigenvalue weighted by molar-refractivity contribution is 5.21. The van der Waals surface area contributed by atoms with Crippen molar-refractivity contribution in [1.29, 1.82) is 0 Å². The van der Waals surface area contributed by atoms with Gasteiger partial charge in [0.2, 0.25) is 0 Å². The Morgan fingerprint density at radius 2 is 2.11 bits per heavy atom. The molecule has 1 aromatic heterocycles. The summed E-state index contributed by atoms with van der Waals surface area (Å²) in [5, 5.41) is 3.48. The molecular weight excluding hydrogens is 236 g/mol. The highest BCUT2D eigenvalue weighted by Crippen LogP contribution is 2.17. The third-order valence-corrected chi connectivity index (χ3v) is 3.02. The summed E-state index contributed by atoms with van der Waals surface area (Å²) < 4.78 is 5.81. The summed E-state index contributed by atoms with van der Waals surface area (Å²) in [6.45, 7) is 13.8. The quantitative estimate of drug-likeness (QED) is 0.799. The molecule has 0 amide bonds. The van der Waals surface area contributed by atoms with E-state index < -0.39 is 0 Å². The Labute approximate surface area is 117 Å². The molecule has 0 aliphatic rings. The van der Waals surface area contributed by atoms with Crippen LogP contribution in [0.5, 0.6) is 0 Å². The molecule has 1 N–H and O–H groups in total. The molecule has 0 aromatic carbocycles. The maximum Gasteiger partial charge on any atom is 0.118 e. The fourth-order valence-corrected chi connectivity index (χ4v) is 1.83. The molecule has 0 spiro atoms. The summed E-state index contributed by atoms with van der Waals surface area (Å²) in [6, 6.07) is 2.13. The fourth-order valence-electron chi connectivity index (χ4n) is 1.83. The molecule has 1 heterocycles. The lowest BCUT2D eigenvalue weighted by Gasteiger charge is -2.20. The molecule has 0 radical (unpaired) electrons. The van der Waals surface area contributed by atoms with Gasteiger partial charge in [0, 0.05) is 17.6 Å². The zero-order chi connectivity index (χ0) is 14.5. The molecule has 0 aliphatic carbocycles. The van der Waals surface area contributed by atoms with Crippen molar-refractivity contribution in [3.05, 3.63) is 23.2 Å². The monoisotopic (exact) mass is 262 g/mol. The molecule has 106 valence electrons. The van der Waals surface area contributed by atoms with Crippen LogP contribution in [0.15, 0.2) is 10.5 Å². The van der Waals surface area contributed by atoms with E-state index in [1.165, 1.54) is 5.56 Å². The van der Waals surface area contributed by atoms with Crippen LogP contribution in [0.4, 0.5) is 0 Å². The van der Waals surface area contributed by atoms with Gasteiger partial charge in [-0.05, 0) is 40.3 Å². The largest absolute Gasteiger partial charge is 0.465 e. The zero-order valence-corrected chi connectivity index (χ0v) is 12.8. The topological polar surface area (TPSA) is 28.4 Å². The predicted octanol–water partition coefficient (Wildman–Crippen LogP) is 2.93. The Morgan fingerprint density at radius 3 is 2.63 bits per heavy atom. The fraction of sp³-hybridized carbons (Fsp3) is 0.625. The van der Waals surface area contributed by atoms with Crippen LogP contribution in [0.2, 0.25) is 0 Å². The van der Waals surface area contributed by atoms with E-state index in [0.29, 0.717) is 6.54 Å². The van der Waals surface area contributed by atoms with E-state index in [1.807, 2.05) is 6.92 Å². The Morgan fingerprint density at radius 1 is 1.42 bits per heavy atom. The van der Waals surface area contributed by atoms with Crippen LogP contribution in [0.25, 0.3) is 0 Å². The Bertz CT molecular complexity index is 435. The van der Waals surface area contributed by atoms with Gasteiger partial charge in [0.05, 0.1) is 13.1 Å². The molecule has 1 aromatic rings. The molecule has 3 heteroatoms. The van der Waals surface area contributed by atoms with Crippen LogP contribution in [0, 0.1) is 19.3 Å². The van der Waals surface area contributed by atoms with E-state index in [-0.39, 0.29) is 5.54 Å². The lowest BCUT2D eigenvalue weighted by molar-refractivity contribution is 0.283. The smallest absolute Gasteiger partial charge is 0.118 e. The van der Waals surface area contributed by atoms with Crippen LogP contribution < -0.4 is 5.32 Å². The van der Waals surface area contributed by atoms with Crippen LogP contribution in [0.3, 0.4) is 0 Å². The first-order valence-corrected chi connectivity index (χ1v) is 6.84. The number of aryl methyl sites for hydroxylation is 1. The van der Waals surface area contributed by atoms with Gasteiger partial charge in [-0.2, -0.15) is 0 Å². The molecule has 0 saturated heterocycles. The van der Waals surface area contributed by atoms with Crippen molar-refractivity contribution < 1.29 is 4.42 Å². The Hall–Kier alpha value is -1.24. The third kappa shape index (κ3) is 5.50. The second-order valence-corrected chi connectivity index (χ2v) is 5.91. The van der Waals surface area contributed by atoms with Gasteiger partial charge in [-0.3, -0.25) is 4.90 Å². The molecular formula is C16H26N2O. The summed E-state index contributed by atoms with van der Waals surface area (Å²) in [5.74, 6) is 4.65. The summed E-state index contributed by atoms with van der Waals surface area (Å²) in [6.07, 6.45) is 5.36. The predicted molar refractivity (Wildman–Crippen MR) is 79.8 cm³/mol. The molecule has 0 unspecified atom stereocenters. The summed E-state index contributed by atoms with van der Waals surface area (Å²) in [7, 11) is 0. The maximum atomic E-state index is 5.81. The summed E-state index contributed by atoms with van der Waals surface area (Å²) in [4.78, 5) is 2.18. The van der Waals surface area contributed by atoms with Gasteiger partial charge in [0.1, 0.15) is 11.5 Å². The third-order valence-electron chi connectivity index (χ3n) is 3.02. The zero-order valence-electron chi connectivity index (χ0n) is 12.8. The summed E-state index contributed by atoms with van der Waals surface area (Å²) in [5.41, 5.74) is 1.34.